The van der Waals surface area contributed by atoms with Gasteiger partial charge in [-0.05, 0) is 87.2 Å². The minimum Gasteiger partial charge on any atom is -0.458 e. The lowest BCUT2D eigenvalue weighted by Crippen LogP contribution is -2.50. The van der Waals surface area contributed by atoms with Crippen molar-refractivity contribution >= 4 is 5.97 Å². The summed E-state index contributed by atoms with van der Waals surface area (Å²) in [6, 6.07) is 3.86. The molecule has 3 fully saturated rings. The van der Waals surface area contributed by atoms with Gasteiger partial charge >= 0.3 is 5.97 Å². The third kappa shape index (κ3) is 2.53. The molecule has 0 amide bonds. The second kappa shape index (κ2) is 5.81. The molecule has 0 saturated heterocycles. The molecule has 148 valence electrons. The first kappa shape index (κ1) is 19.0. The van der Waals surface area contributed by atoms with Gasteiger partial charge in [0, 0.05) is 18.3 Å². The fourth-order valence-electron chi connectivity index (χ4n) is 7.17. The number of nitrogens with zero attached hydrogens (tertiary/aromatic N) is 1. The fraction of sp³-hybridized carbons (Fsp3) is 0.750. The summed E-state index contributed by atoms with van der Waals surface area (Å²) in [5.74, 6) is 1.91. The second-order valence-corrected chi connectivity index (χ2v) is 10.9. The smallest absolute Gasteiger partial charge is 0.316 e. The van der Waals surface area contributed by atoms with Crippen LogP contribution in [-0.4, -0.2) is 16.6 Å². The first-order valence-electron chi connectivity index (χ1n) is 10.7. The van der Waals surface area contributed by atoms with E-state index in [1.165, 1.54) is 25.7 Å². The zero-order valence-electron chi connectivity index (χ0n) is 17.8. The summed E-state index contributed by atoms with van der Waals surface area (Å²) >= 11 is 0. The summed E-state index contributed by atoms with van der Waals surface area (Å²) in [7, 11) is 0. The van der Waals surface area contributed by atoms with Crippen LogP contribution in [0.2, 0.25) is 0 Å². The zero-order valence-corrected chi connectivity index (χ0v) is 17.8. The standard InChI is InChI=1S/C24H35NO2/c1-16-9-10-18-22(4,5)19-14-24(16,18)12-11-23(19,6)27-20(26)21(2,3)17-8-7-13-25-15-17/h7-8,13,15-16,18-19H,9-12,14H2,1-6H3/t16-,18?,19-,23-,24+/m1/s1. The zero-order chi connectivity index (χ0) is 19.7. The molecule has 1 heterocycles. The van der Waals surface area contributed by atoms with Crippen LogP contribution in [0.1, 0.15) is 79.2 Å². The Labute approximate surface area is 164 Å². The number of esters is 1. The van der Waals surface area contributed by atoms with Gasteiger partial charge in [-0.1, -0.05) is 26.8 Å². The number of carbonyl (C=O) groups is 1. The van der Waals surface area contributed by atoms with Gasteiger partial charge in [0.25, 0.3) is 0 Å². The summed E-state index contributed by atoms with van der Waals surface area (Å²) in [4.78, 5) is 17.5. The molecule has 3 saturated carbocycles. The Bertz CT molecular complexity index is 740. The molecule has 3 nitrogen and oxygen atoms in total. The number of pyridine rings is 1. The number of aromatic nitrogens is 1. The highest BCUT2D eigenvalue weighted by Gasteiger charge is 2.69. The van der Waals surface area contributed by atoms with Crippen molar-refractivity contribution in [2.24, 2.45) is 28.6 Å². The van der Waals surface area contributed by atoms with E-state index in [0.29, 0.717) is 11.3 Å². The molecule has 0 radical (unpaired) electrons. The van der Waals surface area contributed by atoms with Gasteiger partial charge in [-0.25, -0.2) is 0 Å². The molecule has 2 bridgehead atoms. The molecule has 1 unspecified atom stereocenters. The van der Waals surface area contributed by atoms with Crippen LogP contribution in [0.3, 0.4) is 0 Å². The molecule has 5 atom stereocenters. The van der Waals surface area contributed by atoms with E-state index >= 15 is 0 Å². The number of hydrogen-bond acceptors (Lipinski definition) is 3. The first-order valence-corrected chi connectivity index (χ1v) is 10.7. The van der Waals surface area contributed by atoms with E-state index in [2.05, 4.69) is 32.7 Å². The third-order valence-corrected chi connectivity index (χ3v) is 8.99. The minimum absolute atomic E-state index is 0.116. The van der Waals surface area contributed by atoms with Crippen LogP contribution in [-0.2, 0) is 14.9 Å². The molecular formula is C24H35NO2. The molecule has 1 aromatic rings. The average Bonchev–Trinajstić information content (AvgIpc) is 3.05. The van der Waals surface area contributed by atoms with E-state index in [-0.39, 0.29) is 17.0 Å². The van der Waals surface area contributed by atoms with E-state index < -0.39 is 5.41 Å². The largest absolute Gasteiger partial charge is 0.458 e. The Hall–Kier alpha value is -1.38. The molecule has 27 heavy (non-hydrogen) atoms. The summed E-state index contributed by atoms with van der Waals surface area (Å²) in [6.45, 7) is 13.4. The van der Waals surface area contributed by atoms with Gasteiger partial charge in [-0.3, -0.25) is 9.78 Å². The molecule has 0 N–H and O–H groups in total. The molecule has 4 rings (SSSR count). The Balaban J connectivity index is 1.61. The van der Waals surface area contributed by atoms with Crippen LogP contribution in [0.25, 0.3) is 0 Å². The summed E-state index contributed by atoms with van der Waals surface area (Å²) in [5, 5.41) is 0. The van der Waals surface area contributed by atoms with Crippen molar-refractivity contribution in [3.8, 4) is 0 Å². The van der Waals surface area contributed by atoms with Gasteiger partial charge in [0.05, 0.1) is 5.41 Å². The maximum Gasteiger partial charge on any atom is 0.316 e. The molecule has 3 aliphatic carbocycles. The first-order chi connectivity index (χ1) is 12.5. The van der Waals surface area contributed by atoms with Gasteiger partial charge in [0.1, 0.15) is 5.60 Å². The highest BCUT2D eigenvalue weighted by Crippen LogP contribution is 2.73. The molecule has 0 aromatic carbocycles. The Morgan fingerprint density at radius 3 is 2.59 bits per heavy atom. The predicted molar refractivity (Wildman–Crippen MR) is 107 cm³/mol. The van der Waals surface area contributed by atoms with Crippen LogP contribution >= 0.6 is 0 Å². The van der Waals surface area contributed by atoms with Gasteiger partial charge in [-0.15, -0.1) is 0 Å². The lowest BCUT2D eigenvalue weighted by molar-refractivity contribution is -0.179. The lowest BCUT2D eigenvalue weighted by atomic mass is 9.64. The topological polar surface area (TPSA) is 39.2 Å². The van der Waals surface area contributed by atoms with Crippen molar-refractivity contribution < 1.29 is 9.53 Å². The molecule has 3 heteroatoms. The lowest BCUT2D eigenvalue weighted by Gasteiger charge is -2.47. The highest BCUT2D eigenvalue weighted by molar-refractivity contribution is 5.82. The molecule has 1 spiro atoms. The highest BCUT2D eigenvalue weighted by atomic mass is 16.6. The maximum atomic E-state index is 13.3. The quantitative estimate of drug-likeness (QED) is 0.657. The van der Waals surface area contributed by atoms with Crippen molar-refractivity contribution in [3.63, 3.8) is 0 Å². The van der Waals surface area contributed by atoms with E-state index in [1.54, 1.807) is 12.4 Å². The van der Waals surface area contributed by atoms with E-state index in [9.17, 15) is 4.79 Å². The number of carbonyl (C=O) groups excluding carboxylic acids is 1. The van der Waals surface area contributed by atoms with Crippen LogP contribution in [0, 0.1) is 28.6 Å². The number of rotatable bonds is 3. The van der Waals surface area contributed by atoms with Crippen LogP contribution in [0.4, 0.5) is 0 Å². The molecule has 0 aliphatic heterocycles. The molecule has 3 aliphatic rings. The SMILES string of the molecule is C[C@@H]1CCC2C(C)(C)[C@H]3C[C@]21CC[C@@]3(C)OC(=O)C(C)(C)c1cccnc1. The van der Waals surface area contributed by atoms with Gasteiger partial charge in [-0.2, -0.15) is 0 Å². The normalized spacial score (nSPS) is 39.9. The van der Waals surface area contributed by atoms with Gasteiger partial charge in [0.15, 0.2) is 0 Å². The summed E-state index contributed by atoms with van der Waals surface area (Å²) in [6.07, 6.45) is 9.66. The van der Waals surface area contributed by atoms with Gasteiger partial charge < -0.3 is 4.74 Å². The Morgan fingerprint density at radius 2 is 1.93 bits per heavy atom. The fourth-order valence-corrected chi connectivity index (χ4v) is 7.17. The monoisotopic (exact) mass is 369 g/mol. The molecular weight excluding hydrogens is 334 g/mol. The molecule has 1 aromatic heterocycles. The Kier molecular flexibility index (Phi) is 4.08. The van der Waals surface area contributed by atoms with Crippen molar-refractivity contribution in [3.05, 3.63) is 30.1 Å². The van der Waals surface area contributed by atoms with Gasteiger partial charge in [0.2, 0.25) is 0 Å². The van der Waals surface area contributed by atoms with Crippen LogP contribution < -0.4 is 0 Å². The average molecular weight is 370 g/mol. The van der Waals surface area contributed by atoms with Crippen molar-refractivity contribution in [2.45, 2.75) is 84.7 Å². The maximum absolute atomic E-state index is 13.3. The van der Waals surface area contributed by atoms with E-state index in [0.717, 1.165) is 23.8 Å². The minimum atomic E-state index is -0.682. The number of ether oxygens (including phenoxy) is 1. The third-order valence-electron chi connectivity index (χ3n) is 8.99. The van der Waals surface area contributed by atoms with Crippen LogP contribution in [0.5, 0.6) is 0 Å². The van der Waals surface area contributed by atoms with Crippen molar-refractivity contribution in [2.75, 3.05) is 0 Å². The van der Waals surface area contributed by atoms with E-state index in [1.807, 2.05) is 26.0 Å². The van der Waals surface area contributed by atoms with Crippen molar-refractivity contribution in [1.82, 2.24) is 4.98 Å². The summed E-state index contributed by atoms with van der Waals surface area (Å²) in [5.41, 5.74) is 0.587. The van der Waals surface area contributed by atoms with E-state index in [4.69, 9.17) is 4.74 Å². The second-order valence-electron chi connectivity index (χ2n) is 10.9. The Morgan fingerprint density at radius 1 is 1.19 bits per heavy atom. The summed E-state index contributed by atoms with van der Waals surface area (Å²) < 4.78 is 6.39. The predicted octanol–water partition coefficient (Wildman–Crippen LogP) is 5.53. The van der Waals surface area contributed by atoms with Crippen LogP contribution in [0.15, 0.2) is 24.5 Å². The van der Waals surface area contributed by atoms with Crippen molar-refractivity contribution in [1.29, 1.82) is 0 Å². The number of hydrogen-bond donors (Lipinski definition) is 0. The number of fused-ring (bicyclic) bond motifs is 1.